The molecular formula is C93H175O25P. The van der Waals surface area contributed by atoms with Gasteiger partial charge in [-0.3, -0.25) is 28.2 Å². The predicted molar refractivity (Wildman–Crippen MR) is 463 cm³/mol. The second-order valence-electron chi connectivity index (χ2n) is 35.5. The van der Waals surface area contributed by atoms with Crippen molar-refractivity contribution >= 4 is 31.7 Å². The van der Waals surface area contributed by atoms with Crippen molar-refractivity contribution in [2.75, 3.05) is 26.4 Å². The molecule has 10 N–H and O–H groups in total. The van der Waals surface area contributed by atoms with Crippen molar-refractivity contribution < 1.29 is 122 Å². The Kier molecular flexibility index (Phi) is 65.6. The summed E-state index contributed by atoms with van der Waals surface area (Å²) in [6.45, 7) is 10.3. The minimum Gasteiger partial charge on any atom is -0.463 e. The molecule has 702 valence electrons. The van der Waals surface area contributed by atoms with Crippen LogP contribution in [0.2, 0.25) is 0 Å². The molecule has 2 aliphatic heterocycles. The summed E-state index contributed by atoms with van der Waals surface area (Å²) in [4.78, 5) is 66.6. The molecule has 1 saturated carbocycles. The first-order chi connectivity index (χ1) is 57.5. The molecule has 0 bridgehead atoms. The number of hydrogen-bond donors (Lipinski definition) is 10. The van der Waals surface area contributed by atoms with Gasteiger partial charge in [0.25, 0.3) is 0 Å². The smallest absolute Gasteiger partial charge is 0.463 e. The lowest BCUT2D eigenvalue weighted by Gasteiger charge is -2.50. The maximum absolute atomic E-state index is 14.9. The number of carbonyl (C=O) groups excluding carboxylic acids is 4. The van der Waals surface area contributed by atoms with Crippen LogP contribution in [0, 0.1) is 11.8 Å². The van der Waals surface area contributed by atoms with Gasteiger partial charge in [-0.15, -0.1) is 0 Å². The molecule has 0 amide bonds. The first-order valence-corrected chi connectivity index (χ1v) is 50.0. The fourth-order valence-corrected chi connectivity index (χ4v) is 17.5. The summed E-state index contributed by atoms with van der Waals surface area (Å²) < 4.78 is 73.6. The molecule has 3 rings (SSSR count). The van der Waals surface area contributed by atoms with Crippen molar-refractivity contribution in [3.05, 3.63) is 0 Å². The highest BCUT2D eigenvalue weighted by Gasteiger charge is 2.60. The Morgan fingerprint density at radius 1 is 0.328 bits per heavy atom. The van der Waals surface area contributed by atoms with Crippen LogP contribution in [-0.2, 0) is 70.7 Å². The van der Waals surface area contributed by atoms with E-state index in [2.05, 4.69) is 41.5 Å². The third-order valence-electron chi connectivity index (χ3n) is 24.4. The number of hydrogen-bond acceptors (Lipinski definition) is 24. The molecule has 0 radical (unpaired) electrons. The molecule has 119 heavy (non-hydrogen) atoms. The highest BCUT2D eigenvalue weighted by molar-refractivity contribution is 7.47. The van der Waals surface area contributed by atoms with Gasteiger partial charge >= 0.3 is 31.7 Å². The number of aliphatic hydroxyl groups excluding tert-OH is 9. The largest absolute Gasteiger partial charge is 0.472 e. The fourth-order valence-electron chi connectivity index (χ4n) is 16.5. The van der Waals surface area contributed by atoms with E-state index < -0.39 is 162 Å². The van der Waals surface area contributed by atoms with E-state index in [0.29, 0.717) is 43.9 Å². The Morgan fingerprint density at radius 2 is 0.630 bits per heavy atom. The van der Waals surface area contributed by atoms with Crippen LogP contribution in [0.25, 0.3) is 0 Å². The Hall–Kier alpha value is -2.53. The zero-order chi connectivity index (χ0) is 87.1. The molecule has 2 heterocycles. The number of phosphoric acid groups is 1. The molecule has 0 aromatic carbocycles. The van der Waals surface area contributed by atoms with Crippen molar-refractivity contribution in [1.29, 1.82) is 0 Å². The lowest BCUT2D eigenvalue weighted by molar-refractivity contribution is -0.360. The average molecular weight is 1720 g/mol. The van der Waals surface area contributed by atoms with Crippen LogP contribution in [0.15, 0.2) is 0 Å². The molecule has 20 atom stereocenters. The highest BCUT2D eigenvalue weighted by Crippen LogP contribution is 2.49. The van der Waals surface area contributed by atoms with E-state index in [1.54, 1.807) is 0 Å². The monoisotopic (exact) mass is 1720 g/mol. The third kappa shape index (κ3) is 51.2. The van der Waals surface area contributed by atoms with Crippen LogP contribution in [-0.4, -0.2) is 205 Å². The first kappa shape index (κ1) is 111. The summed E-state index contributed by atoms with van der Waals surface area (Å²) in [5.41, 5.74) is 0. The SMILES string of the molecule is CCCCCCCCCCCCCCCCCC(=O)OC(COC(=O)CCCCCCCCC(C)CCCCCCCC)COP(=O)(O)OC1C(OC2OC(CO)C(O)C(O)C2O)C(O)C(O)C(OC(=O)CCCCCCCCCCCCCCC)C1OC1OC(COC(=O)CCCCCCCCC(C)CCCCCCCC)C(O)C(O)C1O. The number of esters is 4. The molecule has 1 aliphatic carbocycles. The van der Waals surface area contributed by atoms with Gasteiger partial charge in [0.2, 0.25) is 0 Å². The van der Waals surface area contributed by atoms with Gasteiger partial charge < -0.3 is 88.7 Å². The van der Waals surface area contributed by atoms with Crippen LogP contribution < -0.4 is 0 Å². The Labute approximate surface area is 719 Å². The van der Waals surface area contributed by atoms with E-state index in [1.165, 1.54) is 199 Å². The van der Waals surface area contributed by atoms with Crippen molar-refractivity contribution in [3.63, 3.8) is 0 Å². The van der Waals surface area contributed by atoms with Crippen molar-refractivity contribution in [1.82, 2.24) is 0 Å². The summed E-state index contributed by atoms with van der Waals surface area (Å²) in [7, 11) is -5.81. The van der Waals surface area contributed by atoms with Gasteiger partial charge in [-0.05, 0) is 37.5 Å². The van der Waals surface area contributed by atoms with E-state index >= 15 is 0 Å². The molecule has 20 unspecified atom stereocenters. The Balaban J connectivity index is 1.91. The summed E-state index contributed by atoms with van der Waals surface area (Å²) in [5.74, 6) is -1.57. The summed E-state index contributed by atoms with van der Waals surface area (Å²) in [6, 6.07) is 0. The molecule has 26 heteroatoms. The van der Waals surface area contributed by atoms with E-state index in [1.807, 2.05) is 0 Å². The minimum absolute atomic E-state index is 0.0169. The fraction of sp³-hybridized carbons (Fsp3) is 0.957. The van der Waals surface area contributed by atoms with E-state index in [0.717, 1.165) is 128 Å². The van der Waals surface area contributed by atoms with Gasteiger partial charge in [0, 0.05) is 25.7 Å². The van der Waals surface area contributed by atoms with Gasteiger partial charge in [0.1, 0.15) is 92.6 Å². The second-order valence-corrected chi connectivity index (χ2v) is 36.9. The van der Waals surface area contributed by atoms with Crippen LogP contribution >= 0.6 is 7.82 Å². The van der Waals surface area contributed by atoms with Gasteiger partial charge in [0.05, 0.1) is 13.2 Å². The van der Waals surface area contributed by atoms with Crippen LogP contribution in [0.5, 0.6) is 0 Å². The van der Waals surface area contributed by atoms with E-state index in [-0.39, 0.29) is 25.7 Å². The van der Waals surface area contributed by atoms with Crippen molar-refractivity contribution in [2.24, 2.45) is 11.8 Å². The number of aliphatic hydroxyl groups is 9. The quantitative estimate of drug-likeness (QED) is 0.0117. The van der Waals surface area contributed by atoms with Crippen LogP contribution in [0.1, 0.15) is 427 Å². The highest BCUT2D eigenvalue weighted by atomic mass is 31.2. The summed E-state index contributed by atoms with van der Waals surface area (Å²) in [6.07, 6.45) is 25.2. The third-order valence-corrected chi connectivity index (χ3v) is 25.4. The van der Waals surface area contributed by atoms with Crippen LogP contribution in [0.4, 0.5) is 0 Å². The maximum atomic E-state index is 14.9. The Bertz CT molecular complexity index is 2500. The van der Waals surface area contributed by atoms with E-state index in [9.17, 15) is 74.6 Å². The zero-order valence-electron chi connectivity index (χ0n) is 75.3. The number of unbranched alkanes of at least 4 members (excludes halogenated alkanes) is 46. The molecule has 2 saturated heterocycles. The van der Waals surface area contributed by atoms with Crippen LogP contribution in [0.3, 0.4) is 0 Å². The van der Waals surface area contributed by atoms with Gasteiger partial charge in [-0.25, -0.2) is 4.57 Å². The normalized spacial score (nSPS) is 25.3. The van der Waals surface area contributed by atoms with Gasteiger partial charge in [0.15, 0.2) is 24.8 Å². The molecule has 0 aromatic heterocycles. The predicted octanol–water partition coefficient (Wildman–Crippen LogP) is 18.3. The second kappa shape index (κ2) is 70.5. The molecule has 0 spiro atoms. The summed E-state index contributed by atoms with van der Waals surface area (Å²) >= 11 is 0. The lowest BCUT2D eigenvalue weighted by Crippen LogP contribution is -2.70. The molecule has 25 nitrogen and oxygen atoms in total. The van der Waals surface area contributed by atoms with Crippen molar-refractivity contribution in [2.45, 2.75) is 531 Å². The van der Waals surface area contributed by atoms with E-state index in [4.69, 9.17) is 46.9 Å². The van der Waals surface area contributed by atoms with Gasteiger partial charge in [-0.2, -0.15) is 0 Å². The molecule has 3 aliphatic rings. The molecule has 0 aromatic rings. The maximum Gasteiger partial charge on any atom is 0.472 e. The number of phosphoric ester groups is 1. The van der Waals surface area contributed by atoms with Gasteiger partial charge in [-0.1, -0.05) is 375 Å². The summed E-state index contributed by atoms with van der Waals surface area (Å²) in [5, 5.41) is 102. The number of ether oxygens (including phenoxy) is 8. The molecular weight excluding hydrogens is 1550 g/mol. The zero-order valence-corrected chi connectivity index (χ0v) is 76.2. The van der Waals surface area contributed by atoms with Crippen molar-refractivity contribution in [3.8, 4) is 0 Å². The first-order valence-electron chi connectivity index (χ1n) is 48.6. The number of carbonyl (C=O) groups is 4. The lowest BCUT2D eigenvalue weighted by atomic mass is 9.84. The number of rotatable bonds is 78. The standard InChI is InChI=1S/C93H175O25P/c1-7-11-15-19-23-25-27-29-30-32-34-35-37-49-57-65-78(97)112-73(68-109-76(95)63-55-47-41-39-45-53-61-71(5)59-51-43-21-17-13-9-3)69-111-119(107,108)118-91-89(116-92-86(105)82(101)80(99)74(67-94)113-92)85(104)84(103)88(115-79(98)66-58-50-38-36-33-31-28-26-24-20-16-12-8-2)90(91)117-93-87(106)83(102)81(100)75(114-93)70-110-77(96)64-56-48-42-40-46-54-62-72(6)60-52-44-22-18-14-10-4/h71-75,80-94,99-106H,7-70H2,1-6H3,(H,107,108). The minimum atomic E-state index is -5.81. The topological polar surface area (TPSA) is 380 Å². The average Bonchev–Trinajstić information content (AvgIpc) is 0.755. The Morgan fingerprint density at radius 3 is 1.00 bits per heavy atom. The molecule has 3 fully saturated rings.